The first-order valence-electron chi connectivity index (χ1n) is 10.2. The zero-order valence-corrected chi connectivity index (χ0v) is 18.4. The summed E-state index contributed by atoms with van der Waals surface area (Å²) >= 11 is 0. The van der Waals surface area contributed by atoms with E-state index in [-0.39, 0.29) is 12.0 Å². The minimum atomic E-state index is -0.732. The molecule has 1 aliphatic rings. The summed E-state index contributed by atoms with van der Waals surface area (Å²) in [6.07, 6.45) is 1.56. The minimum Gasteiger partial charge on any atom is -0.493 e. The maximum absolute atomic E-state index is 11.7. The fraction of sp³-hybridized carbons (Fsp3) is 0.458. The van der Waals surface area contributed by atoms with Crippen LogP contribution in [0.25, 0.3) is 0 Å². The number of nitrogens with zero attached hydrogens (tertiary/aromatic N) is 1. The van der Waals surface area contributed by atoms with Crippen LogP contribution in [0, 0.1) is 19.8 Å². The van der Waals surface area contributed by atoms with Crippen molar-refractivity contribution in [3.8, 4) is 17.2 Å². The van der Waals surface area contributed by atoms with Crippen LogP contribution in [0.4, 0.5) is 0 Å². The Hall–Kier alpha value is -2.73. The van der Waals surface area contributed by atoms with Crippen molar-refractivity contribution in [2.24, 2.45) is 5.92 Å². The van der Waals surface area contributed by atoms with Gasteiger partial charge in [-0.25, -0.2) is 0 Å². The van der Waals surface area contributed by atoms with Gasteiger partial charge in [0.25, 0.3) is 0 Å². The zero-order valence-electron chi connectivity index (χ0n) is 18.4. The molecule has 1 N–H and O–H groups in total. The Bertz CT molecular complexity index is 885. The van der Waals surface area contributed by atoms with Crippen molar-refractivity contribution in [1.82, 2.24) is 4.90 Å². The number of ether oxygens (including phenoxy) is 3. The van der Waals surface area contributed by atoms with Crippen LogP contribution in [0.15, 0.2) is 30.3 Å². The van der Waals surface area contributed by atoms with E-state index in [2.05, 4.69) is 36.9 Å². The monoisotopic (exact) mass is 413 g/mol. The van der Waals surface area contributed by atoms with Crippen LogP contribution in [-0.4, -0.2) is 50.4 Å². The molecule has 2 unspecified atom stereocenters. The average Bonchev–Trinajstić information content (AvgIpc) is 2.74. The summed E-state index contributed by atoms with van der Waals surface area (Å²) in [5.74, 6) is 0.630. The highest BCUT2D eigenvalue weighted by molar-refractivity contribution is 5.70. The lowest BCUT2D eigenvalue weighted by Crippen LogP contribution is -2.41. The van der Waals surface area contributed by atoms with E-state index in [1.54, 1.807) is 21.3 Å². The molecule has 30 heavy (non-hydrogen) atoms. The molecule has 6 heteroatoms. The fourth-order valence-electron chi connectivity index (χ4n) is 4.42. The van der Waals surface area contributed by atoms with Crippen LogP contribution >= 0.6 is 0 Å². The number of aliphatic carboxylic acids is 1. The second kappa shape index (κ2) is 9.39. The number of hydrogen-bond acceptors (Lipinski definition) is 5. The molecule has 1 fully saturated rings. The number of benzene rings is 2. The van der Waals surface area contributed by atoms with Gasteiger partial charge < -0.3 is 19.3 Å². The van der Waals surface area contributed by atoms with Crippen LogP contribution in [-0.2, 0) is 4.79 Å². The molecule has 2 aromatic rings. The van der Waals surface area contributed by atoms with E-state index in [1.807, 2.05) is 12.1 Å². The Morgan fingerprint density at radius 2 is 1.73 bits per heavy atom. The highest BCUT2D eigenvalue weighted by atomic mass is 16.5. The third kappa shape index (κ3) is 4.38. The number of aryl methyl sites for hydroxylation is 2. The van der Waals surface area contributed by atoms with Crippen LogP contribution in [0.3, 0.4) is 0 Å². The normalized spacial score (nSPS) is 18.0. The Balaban J connectivity index is 2.16. The van der Waals surface area contributed by atoms with Gasteiger partial charge in [-0.05, 0) is 62.1 Å². The largest absolute Gasteiger partial charge is 0.493 e. The molecule has 0 spiro atoms. The molecule has 162 valence electrons. The molecule has 0 aliphatic carbocycles. The van der Waals surface area contributed by atoms with Crippen LogP contribution in [0.1, 0.15) is 41.1 Å². The van der Waals surface area contributed by atoms with Crippen molar-refractivity contribution in [3.63, 3.8) is 0 Å². The molecular formula is C24H31NO5. The molecule has 1 saturated heterocycles. The molecule has 3 rings (SSSR count). The highest BCUT2D eigenvalue weighted by Crippen LogP contribution is 2.43. The standard InChI is InChI=1S/C24H31NO5/c1-15-8-9-19(16(2)11-15)22(25-10-6-7-17(14-25)24(26)27)18-12-20(28-3)23(30-5)21(13-18)29-4/h8-9,11-13,17,22H,6-7,10,14H2,1-5H3,(H,26,27). The predicted molar refractivity (Wildman–Crippen MR) is 116 cm³/mol. The van der Waals surface area contributed by atoms with E-state index >= 15 is 0 Å². The van der Waals surface area contributed by atoms with Crippen molar-refractivity contribution in [3.05, 3.63) is 52.6 Å². The first-order valence-corrected chi connectivity index (χ1v) is 10.2. The smallest absolute Gasteiger partial charge is 0.307 e. The summed E-state index contributed by atoms with van der Waals surface area (Å²) in [7, 11) is 4.80. The number of methoxy groups -OCH3 is 3. The lowest BCUT2D eigenvalue weighted by Gasteiger charge is -2.38. The topological polar surface area (TPSA) is 68.2 Å². The van der Waals surface area contributed by atoms with Gasteiger partial charge in [-0.1, -0.05) is 23.8 Å². The van der Waals surface area contributed by atoms with Crippen molar-refractivity contribution in [2.45, 2.75) is 32.7 Å². The van der Waals surface area contributed by atoms with Crippen LogP contribution < -0.4 is 14.2 Å². The molecule has 0 radical (unpaired) electrons. The Kier molecular flexibility index (Phi) is 6.87. The summed E-state index contributed by atoms with van der Waals surface area (Å²) in [5, 5.41) is 9.62. The van der Waals surface area contributed by atoms with Crippen molar-refractivity contribution in [2.75, 3.05) is 34.4 Å². The zero-order chi connectivity index (χ0) is 21.8. The summed E-state index contributed by atoms with van der Waals surface area (Å²) in [4.78, 5) is 14.0. The molecular weight excluding hydrogens is 382 g/mol. The van der Waals surface area contributed by atoms with Crippen molar-refractivity contribution < 1.29 is 24.1 Å². The van der Waals surface area contributed by atoms with Crippen molar-refractivity contribution in [1.29, 1.82) is 0 Å². The van der Waals surface area contributed by atoms with Gasteiger partial charge in [0.05, 0.1) is 33.3 Å². The van der Waals surface area contributed by atoms with E-state index in [4.69, 9.17) is 14.2 Å². The molecule has 2 atom stereocenters. The molecule has 6 nitrogen and oxygen atoms in total. The second-order valence-electron chi connectivity index (χ2n) is 7.89. The Morgan fingerprint density at radius 3 is 2.27 bits per heavy atom. The number of carboxylic acids is 1. The molecule has 1 aliphatic heterocycles. The van der Waals surface area contributed by atoms with E-state index in [9.17, 15) is 9.90 Å². The number of hydrogen-bond donors (Lipinski definition) is 1. The summed E-state index contributed by atoms with van der Waals surface area (Å²) < 4.78 is 16.7. The van der Waals surface area contributed by atoms with Gasteiger partial charge in [0.15, 0.2) is 11.5 Å². The maximum Gasteiger partial charge on any atom is 0.307 e. The molecule has 2 aromatic carbocycles. The lowest BCUT2D eigenvalue weighted by molar-refractivity contribution is -0.143. The number of piperidine rings is 1. The van der Waals surface area contributed by atoms with E-state index < -0.39 is 5.97 Å². The van der Waals surface area contributed by atoms with E-state index in [0.29, 0.717) is 30.2 Å². The van der Waals surface area contributed by atoms with Gasteiger partial charge in [0, 0.05) is 6.54 Å². The number of likely N-dealkylation sites (tertiary alicyclic amines) is 1. The maximum atomic E-state index is 11.7. The van der Waals surface area contributed by atoms with Crippen LogP contribution in [0.5, 0.6) is 17.2 Å². The second-order valence-corrected chi connectivity index (χ2v) is 7.89. The Morgan fingerprint density at radius 1 is 1.07 bits per heavy atom. The van der Waals surface area contributed by atoms with Gasteiger partial charge in [-0.15, -0.1) is 0 Å². The third-order valence-electron chi connectivity index (χ3n) is 5.89. The van der Waals surface area contributed by atoms with Gasteiger partial charge in [-0.2, -0.15) is 0 Å². The number of carbonyl (C=O) groups is 1. The highest BCUT2D eigenvalue weighted by Gasteiger charge is 2.33. The van der Waals surface area contributed by atoms with E-state index in [1.165, 1.54) is 11.1 Å². The fourth-order valence-corrected chi connectivity index (χ4v) is 4.42. The summed E-state index contributed by atoms with van der Waals surface area (Å²) in [6, 6.07) is 10.2. The first kappa shape index (κ1) is 22.0. The van der Waals surface area contributed by atoms with E-state index in [0.717, 1.165) is 24.1 Å². The first-order chi connectivity index (χ1) is 14.4. The average molecular weight is 414 g/mol. The predicted octanol–water partition coefficient (Wildman–Crippen LogP) is 4.22. The molecule has 0 amide bonds. The van der Waals surface area contributed by atoms with Crippen LogP contribution in [0.2, 0.25) is 0 Å². The summed E-state index contributed by atoms with van der Waals surface area (Å²) in [6.45, 7) is 5.51. The quantitative estimate of drug-likeness (QED) is 0.733. The molecule has 1 heterocycles. The Labute approximate surface area is 178 Å². The molecule has 0 saturated carbocycles. The summed E-state index contributed by atoms with van der Waals surface area (Å²) in [5.41, 5.74) is 4.51. The molecule has 0 aromatic heterocycles. The minimum absolute atomic E-state index is 0.110. The number of carboxylic acid groups (broad SMARTS) is 1. The third-order valence-corrected chi connectivity index (χ3v) is 5.89. The van der Waals surface area contributed by atoms with Gasteiger partial charge in [0.2, 0.25) is 5.75 Å². The van der Waals surface area contributed by atoms with Gasteiger partial charge in [-0.3, -0.25) is 9.69 Å². The SMILES string of the molecule is COc1cc(C(c2ccc(C)cc2C)N2CCCC(C(=O)O)C2)cc(OC)c1OC. The number of rotatable bonds is 7. The molecule has 0 bridgehead atoms. The van der Waals surface area contributed by atoms with Gasteiger partial charge in [0.1, 0.15) is 0 Å². The lowest BCUT2D eigenvalue weighted by atomic mass is 9.88. The van der Waals surface area contributed by atoms with Crippen molar-refractivity contribution >= 4 is 5.97 Å². The van der Waals surface area contributed by atoms with Gasteiger partial charge >= 0.3 is 5.97 Å².